The minimum Gasteiger partial charge on any atom is -0.465 e. The zero-order valence-corrected chi connectivity index (χ0v) is 11.1. The van der Waals surface area contributed by atoms with Crippen molar-refractivity contribution in [2.75, 3.05) is 11.9 Å². The van der Waals surface area contributed by atoms with E-state index in [0.717, 1.165) is 10.6 Å². The molecular weight excluding hydrogens is 234 g/mol. The van der Waals surface area contributed by atoms with E-state index in [1.165, 1.54) is 5.56 Å². The molecule has 0 aliphatic carbocycles. The maximum Gasteiger partial charge on any atom is 0.321 e. The van der Waals surface area contributed by atoms with Crippen LogP contribution in [0.3, 0.4) is 0 Å². The molecule has 0 spiro atoms. The summed E-state index contributed by atoms with van der Waals surface area (Å²) in [6.45, 7) is 6.33. The van der Waals surface area contributed by atoms with Gasteiger partial charge in [-0.25, -0.2) is 0 Å². The summed E-state index contributed by atoms with van der Waals surface area (Å²) in [7, 11) is 0. The Morgan fingerprint density at radius 2 is 2.29 bits per heavy atom. The number of hydrogen-bond acceptors (Lipinski definition) is 4. The monoisotopic (exact) mass is 251 g/mol. The molecule has 0 radical (unpaired) electrons. The molecule has 2 atom stereocenters. The average molecular weight is 251 g/mol. The third-order valence-electron chi connectivity index (χ3n) is 2.75. The van der Waals surface area contributed by atoms with Gasteiger partial charge in [0.1, 0.15) is 5.25 Å². The topological polar surface area (TPSA) is 38.3 Å². The Hall–Kier alpha value is -1.16. The van der Waals surface area contributed by atoms with E-state index in [2.05, 4.69) is 30.4 Å². The van der Waals surface area contributed by atoms with E-state index < -0.39 is 0 Å². The number of carbonyl (C=O) groups excluding carboxylic acids is 1. The average Bonchev–Trinajstić information content (AvgIpc) is 2.29. The first-order chi connectivity index (χ1) is 8.11. The molecule has 1 aromatic carbocycles. The van der Waals surface area contributed by atoms with Gasteiger partial charge in [-0.15, -0.1) is 11.8 Å². The molecule has 1 aromatic rings. The van der Waals surface area contributed by atoms with Gasteiger partial charge in [0, 0.05) is 16.6 Å². The molecular formula is C13H17NO2S. The Morgan fingerprint density at radius 3 is 3.00 bits per heavy atom. The molecule has 92 valence electrons. The lowest BCUT2D eigenvalue weighted by Gasteiger charge is -2.30. The predicted molar refractivity (Wildman–Crippen MR) is 70.5 cm³/mol. The molecule has 0 saturated heterocycles. The number of carbonyl (C=O) groups is 1. The second-order valence-electron chi connectivity index (χ2n) is 4.22. The normalized spacial score (nSPS) is 22.5. The lowest BCUT2D eigenvalue weighted by Crippen LogP contribution is -2.38. The molecule has 0 amide bonds. The van der Waals surface area contributed by atoms with Crippen LogP contribution in [0, 0.1) is 6.92 Å². The molecule has 17 heavy (non-hydrogen) atoms. The summed E-state index contributed by atoms with van der Waals surface area (Å²) >= 11 is 1.59. The number of benzene rings is 1. The summed E-state index contributed by atoms with van der Waals surface area (Å²) in [5.41, 5.74) is 2.31. The van der Waals surface area contributed by atoms with Crippen LogP contribution in [0.2, 0.25) is 0 Å². The third kappa shape index (κ3) is 2.57. The van der Waals surface area contributed by atoms with Gasteiger partial charge in [-0.3, -0.25) is 4.79 Å². The Morgan fingerprint density at radius 1 is 1.53 bits per heavy atom. The summed E-state index contributed by atoms with van der Waals surface area (Å²) in [5, 5.41) is 3.19. The first-order valence-electron chi connectivity index (χ1n) is 5.82. The summed E-state index contributed by atoms with van der Waals surface area (Å²) in [4.78, 5) is 12.9. The fourth-order valence-electron chi connectivity index (χ4n) is 1.88. The summed E-state index contributed by atoms with van der Waals surface area (Å²) in [6, 6.07) is 6.33. The van der Waals surface area contributed by atoms with Gasteiger partial charge in [-0.05, 0) is 38.5 Å². The maximum atomic E-state index is 11.8. The van der Waals surface area contributed by atoms with Crippen molar-refractivity contribution in [1.82, 2.24) is 0 Å². The number of hydrogen-bond donors (Lipinski definition) is 1. The Kier molecular flexibility index (Phi) is 3.62. The molecule has 1 heterocycles. The lowest BCUT2D eigenvalue weighted by atomic mass is 10.1. The van der Waals surface area contributed by atoms with Crippen LogP contribution in [0.1, 0.15) is 19.4 Å². The van der Waals surface area contributed by atoms with Gasteiger partial charge in [0.05, 0.1) is 6.61 Å². The largest absolute Gasteiger partial charge is 0.465 e. The number of ether oxygens (including phenoxy) is 1. The molecule has 0 fully saturated rings. The highest BCUT2D eigenvalue weighted by Crippen LogP contribution is 2.38. The van der Waals surface area contributed by atoms with Crippen molar-refractivity contribution in [3.05, 3.63) is 23.8 Å². The molecule has 1 N–H and O–H groups in total. The highest BCUT2D eigenvalue weighted by atomic mass is 32.2. The number of aryl methyl sites for hydroxylation is 1. The molecule has 0 aromatic heterocycles. The first-order valence-corrected chi connectivity index (χ1v) is 6.70. The Labute approximate surface area is 106 Å². The molecule has 1 aliphatic heterocycles. The molecule has 0 saturated carbocycles. The van der Waals surface area contributed by atoms with Gasteiger partial charge in [-0.2, -0.15) is 0 Å². The van der Waals surface area contributed by atoms with Gasteiger partial charge < -0.3 is 10.1 Å². The fraction of sp³-hybridized carbons (Fsp3) is 0.462. The fourth-order valence-corrected chi connectivity index (χ4v) is 3.10. The van der Waals surface area contributed by atoms with Crippen LogP contribution in [0.25, 0.3) is 0 Å². The van der Waals surface area contributed by atoms with Gasteiger partial charge in [0.2, 0.25) is 0 Å². The van der Waals surface area contributed by atoms with Crippen molar-refractivity contribution in [2.24, 2.45) is 0 Å². The molecule has 1 aliphatic rings. The maximum absolute atomic E-state index is 11.8. The van der Waals surface area contributed by atoms with E-state index >= 15 is 0 Å². The van der Waals surface area contributed by atoms with Crippen LogP contribution in [0.15, 0.2) is 23.1 Å². The van der Waals surface area contributed by atoms with Gasteiger partial charge >= 0.3 is 5.97 Å². The summed E-state index contributed by atoms with van der Waals surface area (Å²) in [5.74, 6) is -0.135. The van der Waals surface area contributed by atoms with E-state index in [9.17, 15) is 4.79 Å². The van der Waals surface area contributed by atoms with E-state index in [4.69, 9.17) is 4.74 Å². The van der Waals surface area contributed by atoms with Crippen LogP contribution in [-0.2, 0) is 9.53 Å². The van der Waals surface area contributed by atoms with Crippen LogP contribution >= 0.6 is 11.8 Å². The molecule has 3 nitrogen and oxygen atoms in total. The van der Waals surface area contributed by atoms with Gasteiger partial charge in [0.15, 0.2) is 0 Å². The number of fused-ring (bicyclic) bond motifs is 1. The summed E-state index contributed by atoms with van der Waals surface area (Å²) in [6.07, 6.45) is 0. The van der Waals surface area contributed by atoms with Crippen LogP contribution in [0.4, 0.5) is 5.69 Å². The highest BCUT2D eigenvalue weighted by Gasteiger charge is 2.32. The first kappa shape index (κ1) is 12.3. The van der Waals surface area contributed by atoms with Crippen LogP contribution < -0.4 is 5.32 Å². The van der Waals surface area contributed by atoms with Crippen molar-refractivity contribution >= 4 is 23.4 Å². The zero-order chi connectivity index (χ0) is 12.4. The van der Waals surface area contributed by atoms with Crippen molar-refractivity contribution in [3.63, 3.8) is 0 Å². The number of esters is 1. The van der Waals surface area contributed by atoms with E-state index in [-0.39, 0.29) is 17.3 Å². The Balaban J connectivity index is 2.22. The quantitative estimate of drug-likeness (QED) is 0.820. The lowest BCUT2D eigenvalue weighted by molar-refractivity contribution is -0.142. The SMILES string of the molecule is CCOC(=O)C1Sc2cc(C)ccc2NC1C. The standard InChI is InChI=1S/C13H17NO2S/c1-4-16-13(15)12-9(3)14-10-6-5-8(2)7-11(10)17-12/h5-7,9,12,14H,4H2,1-3H3. The van der Waals surface area contributed by atoms with Crippen molar-refractivity contribution < 1.29 is 9.53 Å². The number of anilines is 1. The molecule has 2 rings (SSSR count). The third-order valence-corrected chi connectivity index (χ3v) is 4.19. The summed E-state index contributed by atoms with van der Waals surface area (Å²) < 4.78 is 5.10. The predicted octanol–water partition coefficient (Wildman–Crippen LogP) is 2.83. The Bertz CT molecular complexity index is 433. The number of rotatable bonds is 2. The number of thioether (sulfide) groups is 1. The number of nitrogens with one attached hydrogen (secondary N) is 1. The van der Waals surface area contributed by atoms with Crippen molar-refractivity contribution in [1.29, 1.82) is 0 Å². The second-order valence-corrected chi connectivity index (χ2v) is 5.41. The molecule has 4 heteroatoms. The smallest absolute Gasteiger partial charge is 0.321 e. The van der Waals surface area contributed by atoms with E-state index in [1.807, 2.05) is 13.8 Å². The van der Waals surface area contributed by atoms with Crippen LogP contribution in [0.5, 0.6) is 0 Å². The van der Waals surface area contributed by atoms with Gasteiger partial charge in [0.25, 0.3) is 0 Å². The van der Waals surface area contributed by atoms with Crippen LogP contribution in [-0.4, -0.2) is 23.9 Å². The molecule has 0 bridgehead atoms. The van der Waals surface area contributed by atoms with Crippen molar-refractivity contribution in [3.8, 4) is 0 Å². The molecule has 2 unspecified atom stereocenters. The zero-order valence-electron chi connectivity index (χ0n) is 10.3. The second kappa shape index (κ2) is 5.00. The van der Waals surface area contributed by atoms with Gasteiger partial charge in [-0.1, -0.05) is 6.07 Å². The van der Waals surface area contributed by atoms with E-state index in [1.54, 1.807) is 11.8 Å². The minimum atomic E-state index is -0.163. The van der Waals surface area contributed by atoms with E-state index in [0.29, 0.717) is 6.61 Å². The van der Waals surface area contributed by atoms with Crippen molar-refractivity contribution in [2.45, 2.75) is 37.0 Å². The highest BCUT2D eigenvalue weighted by molar-refractivity contribution is 8.01. The minimum absolute atomic E-state index is 0.0919.